The Morgan fingerprint density at radius 3 is 2.80 bits per heavy atom. The summed E-state index contributed by atoms with van der Waals surface area (Å²) >= 11 is 1.44. The predicted molar refractivity (Wildman–Crippen MR) is 59.3 cm³/mol. The van der Waals surface area contributed by atoms with Crippen LogP contribution in [-0.2, 0) is 20.9 Å². The summed E-state index contributed by atoms with van der Waals surface area (Å²) in [4.78, 5) is 4.24. The molecule has 15 heavy (non-hydrogen) atoms. The van der Waals surface area contributed by atoms with Crippen molar-refractivity contribution in [3.8, 4) is 0 Å². The van der Waals surface area contributed by atoms with Gasteiger partial charge < -0.3 is 0 Å². The molecule has 0 unspecified atom stereocenters. The predicted octanol–water partition coefficient (Wildman–Crippen LogP) is 1.77. The molecule has 0 saturated heterocycles. The normalized spacial score (nSPS) is 12.1. The topological polar surface area (TPSA) is 56.3 Å². The molecule has 0 radical (unpaired) electrons. The third kappa shape index (κ3) is 2.74. The number of fused-ring (bicyclic) bond motifs is 1. The van der Waals surface area contributed by atoms with Crippen LogP contribution in [0, 0.1) is 0 Å². The lowest BCUT2D eigenvalue weighted by atomic mass is 10.3. The third-order valence-corrected chi connectivity index (χ3v) is 3.29. The first kappa shape index (κ1) is 10.5. The van der Waals surface area contributed by atoms with E-state index < -0.39 is 10.1 Å². The Morgan fingerprint density at radius 1 is 1.40 bits per heavy atom. The maximum atomic E-state index is 10.8. The summed E-state index contributed by atoms with van der Waals surface area (Å²) in [5.41, 5.74) is 0.870. The van der Waals surface area contributed by atoms with Crippen LogP contribution in [-0.4, -0.2) is 19.7 Å². The summed E-state index contributed by atoms with van der Waals surface area (Å²) in [7, 11) is -3.39. The number of hydrogen-bond donors (Lipinski definition) is 0. The van der Waals surface area contributed by atoms with E-state index in [4.69, 9.17) is 0 Å². The van der Waals surface area contributed by atoms with Crippen LogP contribution in [0.3, 0.4) is 0 Å². The van der Waals surface area contributed by atoms with Gasteiger partial charge in [0.1, 0.15) is 11.6 Å². The van der Waals surface area contributed by atoms with Crippen LogP contribution in [0.2, 0.25) is 0 Å². The molecule has 0 aliphatic rings. The lowest BCUT2D eigenvalue weighted by molar-refractivity contribution is 0.311. The fourth-order valence-electron chi connectivity index (χ4n) is 1.14. The Morgan fingerprint density at radius 2 is 2.13 bits per heavy atom. The van der Waals surface area contributed by atoms with Crippen molar-refractivity contribution in [3.63, 3.8) is 0 Å². The van der Waals surface area contributed by atoms with Gasteiger partial charge in [-0.3, -0.25) is 4.18 Å². The van der Waals surface area contributed by atoms with Crippen molar-refractivity contribution < 1.29 is 12.6 Å². The second kappa shape index (κ2) is 3.88. The Labute approximate surface area is 91.7 Å². The van der Waals surface area contributed by atoms with Crippen LogP contribution in [0.1, 0.15) is 5.01 Å². The van der Waals surface area contributed by atoms with E-state index in [1.165, 1.54) is 11.3 Å². The highest BCUT2D eigenvalue weighted by Crippen LogP contribution is 2.22. The van der Waals surface area contributed by atoms with Crippen molar-refractivity contribution in [3.05, 3.63) is 29.3 Å². The van der Waals surface area contributed by atoms with Gasteiger partial charge in [-0.1, -0.05) is 12.1 Å². The molecule has 0 bridgehead atoms. The molecule has 80 valence electrons. The molecule has 2 aromatic rings. The third-order valence-electron chi connectivity index (χ3n) is 1.73. The minimum absolute atomic E-state index is 0.0121. The van der Waals surface area contributed by atoms with Gasteiger partial charge in [0.2, 0.25) is 0 Å². The van der Waals surface area contributed by atoms with Crippen LogP contribution < -0.4 is 0 Å². The molecular formula is C9H9NO3S2. The molecule has 1 aromatic heterocycles. The maximum Gasteiger partial charge on any atom is 0.264 e. The van der Waals surface area contributed by atoms with Gasteiger partial charge in [0.05, 0.1) is 16.5 Å². The number of aromatic nitrogens is 1. The molecule has 6 heteroatoms. The second-order valence-electron chi connectivity index (χ2n) is 3.04. The van der Waals surface area contributed by atoms with E-state index in [9.17, 15) is 8.42 Å². The van der Waals surface area contributed by atoms with Gasteiger partial charge in [-0.05, 0) is 12.1 Å². The summed E-state index contributed by atoms with van der Waals surface area (Å²) < 4.78 is 27.2. The maximum absolute atomic E-state index is 10.8. The molecule has 0 spiro atoms. The molecule has 1 aromatic carbocycles. The van der Waals surface area contributed by atoms with Crippen LogP contribution in [0.15, 0.2) is 24.3 Å². The standard InChI is InChI=1S/C9H9NO3S2/c1-15(11,12)13-6-9-10-7-4-2-3-5-8(7)14-9/h2-5H,6H2,1H3. The molecular weight excluding hydrogens is 234 g/mol. The largest absolute Gasteiger partial charge is 0.264 e. The van der Waals surface area contributed by atoms with Gasteiger partial charge in [-0.25, -0.2) is 4.98 Å². The monoisotopic (exact) mass is 243 g/mol. The van der Waals surface area contributed by atoms with Crippen molar-refractivity contribution in [1.82, 2.24) is 4.98 Å². The fourth-order valence-corrected chi connectivity index (χ4v) is 2.42. The SMILES string of the molecule is CS(=O)(=O)OCc1nc2ccccc2s1. The number of rotatable bonds is 3. The highest BCUT2D eigenvalue weighted by atomic mass is 32.2. The Balaban J connectivity index is 2.23. The van der Waals surface area contributed by atoms with E-state index in [-0.39, 0.29) is 6.61 Å². The van der Waals surface area contributed by atoms with E-state index in [2.05, 4.69) is 9.17 Å². The Bertz CT molecular complexity index is 541. The number of benzene rings is 1. The summed E-state index contributed by atoms with van der Waals surface area (Å²) in [5, 5.41) is 0.668. The lowest BCUT2D eigenvalue weighted by Crippen LogP contribution is -2.02. The summed E-state index contributed by atoms with van der Waals surface area (Å²) in [5.74, 6) is 0. The zero-order valence-corrected chi connectivity index (χ0v) is 9.64. The van der Waals surface area contributed by atoms with Gasteiger partial charge in [0.15, 0.2) is 0 Å². The first-order chi connectivity index (χ1) is 7.04. The highest BCUT2D eigenvalue weighted by molar-refractivity contribution is 7.85. The van der Waals surface area contributed by atoms with Crippen molar-refractivity contribution in [1.29, 1.82) is 0 Å². The van der Waals surface area contributed by atoms with E-state index >= 15 is 0 Å². The Hall–Kier alpha value is -0.980. The average molecular weight is 243 g/mol. The molecule has 0 saturated carbocycles. The van der Waals surface area contributed by atoms with Gasteiger partial charge in [0.25, 0.3) is 10.1 Å². The van der Waals surface area contributed by atoms with Crippen LogP contribution in [0.5, 0.6) is 0 Å². The molecule has 2 rings (SSSR count). The van der Waals surface area contributed by atoms with E-state index in [0.717, 1.165) is 16.5 Å². The van der Waals surface area contributed by atoms with E-state index in [1.54, 1.807) is 0 Å². The summed E-state index contributed by atoms with van der Waals surface area (Å²) in [6.07, 6.45) is 1.03. The van der Waals surface area contributed by atoms with Crippen LogP contribution >= 0.6 is 11.3 Å². The van der Waals surface area contributed by atoms with Crippen molar-refractivity contribution in [2.45, 2.75) is 6.61 Å². The molecule has 4 nitrogen and oxygen atoms in total. The molecule has 0 aliphatic carbocycles. The lowest BCUT2D eigenvalue weighted by Gasteiger charge is -1.95. The van der Waals surface area contributed by atoms with Crippen LogP contribution in [0.4, 0.5) is 0 Å². The Kier molecular flexibility index (Phi) is 2.72. The fraction of sp³-hybridized carbons (Fsp3) is 0.222. The number of nitrogens with zero attached hydrogens (tertiary/aromatic N) is 1. The van der Waals surface area contributed by atoms with Crippen molar-refractivity contribution >= 4 is 31.7 Å². The zero-order chi connectivity index (χ0) is 10.9. The molecule has 0 N–H and O–H groups in total. The number of thiazole rings is 1. The van der Waals surface area contributed by atoms with E-state index in [0.29, 0.717) is 5.01 Å². The second-order valence-corrected chi connectivity index (χ2v) is 5.80. The van der Waals surface area contributed by atoms with Gasteiger partial charge in [0, 0.05) is 0 Å². The molecule has 1 heterocycles. The van der Waals surface area contributed by atoms with Crippen molar-refractivity contribution in [2.24, 2.45) is 0 Å². The average Bonchev–Trinajstić information content (AvgIpc) is 2.56. The zero-order valence-electron chi connectivity index (χ0n) is 8.00. The van der Waals surface area contributed by atoms with Gasteiger partial charge in [-0.2, -0.15) is 8.42 Å². The van der Waals surface area contributed by atoms with Gasteiger partial charge in [-0.15, -0.1) is 11.3 Å². The first-order valence-corrected chi connectivity index (χ1v) is 6.87. The summed E-state index contributed by atoms with van der Waals surface area (Å²) in [6, 6.07) is 7.64. The van der Waals surface area contributed by atoms with Crippen molar-refractivity contribution in [2.75, 3.05) is 6.26 Å². The van der Waals surface area contributed by atoms with Gasteiger partial charge >= 0.3 is 0 Å². The van der Waals surface area contributed by atoms with E-state index in [1.807, 2.05) is 24.3 Å². The summed E-state index contributed by atoms with van der Waals surface area (Å²) in [6.45, 7) is 0.0121. The number of para-hydroxylation sites is 1. The minimum atomic E-state index is -3.39. The smallest absolute Gasteiger partial charge is 0.263 e. The highest BCUT2D eigenvalue weighted by Gasteiger charge is 2.07. The minimum Gasteiger partial charge on any atom is -0.263 e. The molecule has 0 amide bonds. The first-order valence-electron chi connectivity index (χ1n) is 4.23. The molecule has 0 atom stereocenters. The number of hydrogen-bond acceptors (Lipinski definition) is 5. The molecule has 0 fully saturated rings. The molecule has 0 aliphatic heterocycles. The van der Waals surface area contributed by atoms with Crippen LogP contribution in [0.25, 0.3) is 10.2 Å². The quantitative estimate of drug-likeness (QED) is 0.771.